The van der Waals surface area contributed by atoms with Gasteiger partial charge in [-0.1, -0.05) is 36.7 Å². The average Bonchev–Trinajstić information content (AvgIpc) is 2.57. The molecule has 0 bridgehead atoms. The number of halogens is 1. The van der Waals surface area contributed by atoms with Crippen LogP contribution in [0.2, 0.25) is 5.02 Å². The fourth-order valence-electron chi connectivity index (χ4n) is 2.04. The van der Waals surface area contributed by atoms with Crippen molar-refractivity contribution in [2.24, 2.45) is 0 Å². The Morgan fingerprint density at radius 3 is 2.57 bits per heavy atom. The first-order valence-electron chi connectivity index (χ1n) is 7.71. The first kappa shape index (κ1) is 17.4. The van der Waals surface area contributed by atoms with Crippen LogP contribution in [0.5, 0.6) is 11.5 Å². The van der Waals surface area contributed by atoms with E-state index in [9.17, 15) is 0 Å². The van der Waals surface area contributed by atoms with E-state index in [1.165, 1.54) is 0 Å². The number of hydrazine groups is 1. The second kappa shape index (κ2) is 8.65. The molecule has 4 nitrogen and oxygen atoms in total. The molecule has 2 aromatic carbocycles. The van der Waals surface area contributed by atoms with Gasteiger partial charge in [0.1, 0.15) is 0 Å². The Morgan fingerprint density at radius 1 is 1.17 bits per heavy atom. The SMILES string of the molecule is CCC(C)Oc1c(Cl)cc(CNNc2ccccc2)cc1OC. The highest BCUT2D eigenvalue weighted by atomic mass is 35.5. The lowest BCUT2D eigenvalue weighted by molar-refractivity contribution is 0.207. The zero-order chi connectivity index (χ0) is 16.7. The monoisotopic (exact) mass is 334 g/mol. The Bertz CT molecular complexity index is 620. The number of nitrogens with one attached hydrogen (secondary N) is 2. The van der Waals surface area contributed by atoms with E-state index < -0.39 is 0 Å². The molecule has 0 aromatic heterocycles. The lowest BCUT2D eigenvalue weighted by Crippen LogP contribution is -2.20. The summed E-state index contributed by atoms with van der Waals surface area (Å²) in [6, 6.07) is 13.7. The van der Waals surface area contributed by atoms with Crippen LogP contribution in [0.3, 0.4) is 0 Å². The summed E-state index contributed by atoms with van der Waals surface area (Å²) in [5, 5.41) is 0.557. The molecule has 0 saturated carbocycles. The van der Waals surface area contributed by atoms with Gasteiger partial charge in [-0.25, -0.2) is 5.43 Å². The molecule has 5 heteroatoms. The van der Waals surface area contributed by atoms with E-state index in [0.29, 0.717) is 23.1 Å². The minimum absolute atomic E-state index is 0.0881. The molecule has 0 aliphatic carbocycles. The Hall–Kier alpha value is -1.91. The van der Waals surface area contributed by atoms with Crippen LogP contribution < -0.4 is 20.3 Å². The van der Waals surface area contributed by atoms with Crippen molar-refractivity contribution in [3.05, 3.63) is 53.1 Å². The Labute approximate surface area is 142 Å². The van der Waals surface area contributed by atoms with Gasteiger partial charge in [-0.15, -0.1) is 0 Å². The number of ether oxygens (including phenoxy) is 2. The van der Waals surface area contributed by atoms with Crippen molar-refractivity contribution in [3.63, 3.8) is 0 Å². The van der Waals surface area contributed by atoms with Crippen LogP contribution in [-0.4, -0.2) is 13.2 Å². The number of hydrogen-bond acceptors (Lipinski definition) is 4. The van der Waals surface area contributed by atoms with Crippen LogP contribution in [0.25, 0.3) is 0 Å². The first-order valence-corrected chi connectivity index (χ1v) is 8.08. The van der Waals surface area contributed by atoms with Crippen LogP contribution in [0, 0.1) is 0 Å². The van der Waals surface area contributed by atoms with E-state index in [1.807, 2.05) is 49.4 Å². The first-order chi connectivity index (χ1) is 11.1. The highest BCUT2D eigenvalue weighted by Crippen LogP contribution is 2.37. The molecule has 2 aromatic rings. The van der Waals surface area contributed by atoms with Crippen molar-refractivity contribution in [2.75, 3.05) is 12.5 Å². The molecule has 23 heavy (non-hydrogen) atoms. The Morgan fingerprint density at radius 2 is 1.91 bits per heavy atom. The number of hydrogen-bond donors (Lipinski definition) is 2. The van der Waals surface area contributed by atoms with Gasteiger partial charge in [0.15, 0.2) is 11.5 Å². The molecule has 0 amide bonds. The minimum atomic E-state index is 0.0881. The summed E-state index contributed by atoms with van der Waals surface area (Å²) in [4.78, 5) is 0. The van der Waals surface area contributed by atoms with Gasteiger partial charge in [-0.2, -0.15) is 0 Å². The van der Waals surface area contributed by atoms with Gasteiger partial charge in [0.2, 0.25) is 0 Å². The quantitative estimate of drug-likeness (QED) is 0.690. The van der Waals surface area contributed by atoms with E-state index in [1.54, 1.807) is 7.11 Å². The van der Waals surface area contributed by atoms with Crippen molar-refractivity contribution in [2.45, 2.75) is 32.9 Å². The molecule has 0 spiro atoms. The molecule has 2 N–H and O–H groups in total. The zero-order valence-electron chi connectivity index (χ0n) is 13.7. The fraction of sp³-hybridized carbons (Fsp3) is 0.333. The summed E-state index contributed by atoms with van der Waals surface area (Å²) in [6.07, 6.45) is 0.995. The smallest absolute Gasteiger partial charge is 0.180 e. The molecule has 1 unspecified atom stereocenters. The predicted octanol–water partition coefficient (Wildman–Crippen LogP) is 4.64. The molecule has 0 heterocycles. The maximum Gasteiger partial charge on any atom is 0.180 e. The molecule has 0 aliphatic heterocycles. The molecule has 0 fully saturated rings. The summed E-state index contributed by atoms with van der Waals surface area (Å²) in [5.74, 6) is 1.25. The maximum absolute atomic E-state index is 6.36. The van der Waals surface area contributed by atoms with Gasteiger partial charge >= 0.3 is 0 Å². The summed E-state index contributed by atoms with van der Waals surface area (Å²) < 4.78 is 11.3. The Balaban J connectivity index is 2.04. The van der Waals surface area contributed by atoms with Crippen molar-refractivity contribution in [3.8, 4) is 11.5 Å². The maximum atomic E-state index is 6.36. The Kier molecular flexibility index (Phi) is 6.56. The molecule has 1 atom stereocenters. The number of rotatable bonds is 8. The largest absolute Gasteiger partial charge is 0.493 e. The minimum Gasteiger partial charge on any atom is -0.493 e. The molecular weight excluding hydrogens is 312 g/mol. The van der Waals surface area contributed by atoms with E-state index in [2.05, 4.69) is 17.8 Å². The van der Waals surface area contributed by atoms with E-state index in [0.717, 1.165) is 17.7 Å². The number of methoxy groups -OCH3 is 1. The van der Waals surface area contributed by atoms with E-state index >= 15 is 0 Å². The van der Waals surface area contributed by atoms with Crippen LogP contribution >= 0.6 is 11.6 Å². The predicted molar refractivity (Wildman–Crippen MR) is 95.3 cm³/mol. The summed E-state index contributed by atoms with van der Waals surface area (Å²) >= 11 is 6.36. The lowest BCUT2D eigenvalue weighted by Gasteiger charge is -2.18. The topological polar surface area (TPSA) is 42.5 Å². The van der Waals surface area contributed by atoms with Crippen LogP contribution in [0.4, 0.5) is 5.69 Å². The van der Waals surface area contributed by atoms with Crippen molar-refractivity contribution in [1.29, 1.82) is 0 Å². The van der Waals surface area contributed by atoms with E-state index in [4.69, 9.17) is 21.1 Å². The number of benzene rings is 2. The number of anilines is 1. The lowest BCUT2D eigenvalue weighted by atomic mass is 10.2. The standard InChI is InChI=1S/C18H23ClN2O2/c1-4-13(2)23-18-16(19)10-14(11-17(18)22-3)12-20-21-15-8-6-5-7-9-15/h5-11,13,20-21H,4,12H2,1-3H3. The van der Waals surface area contributed by atoms with Crippen molar-refractivity contribution in [1.82, 2.24) is 5.43 Å². The van der Waals surface area contributed by atoms with Crippen molar-refractivity contribution < 1.29 is 9.47 Å². The van der Waals surface area contributed by atoms with E-state index in [-0.39, 0.29) is 6.10 Å². The third-order valence-electron chi connectivity index (χ3n) is 3.48. The van der Waals surface area contributed by atoms with Crippen LogP contribution in [0.15, 0.2) is 42.5 Å². The average molecular weight is 335 g/mol. The molecule has 124 valence electrons. The van der Waals surface area contributed by atoms with Gasteiger partial charge < -0.3 is 14.9 Å². The second-order valence-electron chi connectivity index (χ2n) is 5.29. The normalized spacial score (nSPS) is 11.8. The summed E-state index contributed by atoms with van der Waals surface area (Å²) in [5.41, 5.74) is 8.31. The summed E-state index contributed by atoms with van der Waals surface area (Å²) in [7, 11) is 1.62. The highest BCUT2D eigenvalue weighted by Gasteiger charge is 2.14. The highest BCUT2D eigenvalue weighted by molar-refractivity contribution is 6.32. The summed E-state index contributed by atoms with van der Waals surface area (Å²) in [6.45, 7) is 4.68. The van der Waals surface area contributed by atoms with Gasteiger partial charge in [0.05, 0.1) is 18.2 Å². The number of para-hydroxylation sites is 1. The molecule has 0 saturated heterocycles. The third kappa shape index (κ3) is 5.05. The molecular formula is C18H23ClN2O2. The van der Waals surface area contributed by atoms with Crippen molar-refractivity contribution >= 4 is 17.3 Å². The van der Waals surface area contributed by atoms with Gasteiger partial charge in [-0.05, 0) is 43.2 Å². The fourth-order valence-corrected chi connectivity index (χ4v) is 2.32. The molecule has 0 aliphatic rings. The zero-order valence-corrected chi connectivity index (χ0v) is 14.5. The van der Waals surface area contributed by atoms with Crippen LogP contribution in [0.1, 0.15) is 25.8 Å². The molecule has 2 rings (SSSR count). The van der Waals surface area contributed by atoms with Gasteiger partial charge in [0.25, 0.3) is 0 Å². The van der Waals surface area contributed by atoms with Crippen LogP contribution in [-0.2, 0) is 6.54 Å². The van der Waals surface area contributed by atoms with Gasteiger partial charge in [-0.3, -0.25) is 0 Å². The van der Waals surface area contributed by atoms with Gasteiger partial charge in [0, 0.05) is 12.2 Å². The third-order valence-corrected chi connectivity index (χ3v) is 3.76. The second-order valence-corrected chi connectivity index (χ2v) is 5.70. The molecule has 0 radical (unpaired) electrons.